The second kappa shape index (κ2) is 9.35. The number of nitrogens with two attached hydrogens (primary N) is 1. The Labute approximate surface area is 156 Å². The quantitative estimate of drug-likeness (QED) is 0.572. The monoisotopic (exact) mass is 383 g/mol. The highest BCUT2D eigenvalue weighted by atomic mass is 35.5. The zero-order chi connectivity index (χ0) is 19.9. The number of carboxylic acid groups (broad SMARTS) is 1. The molecule has 0 radical (unpaired) electrons. The Morgan fingerprint density at radius 3 is 2.42 bits per heavy atom. The number of carbonyl (C=O) groups excluding carboxylic acids is 2. The lowest BCUT2D eigenvalue weighted by atomic mass is 10.2. The van der Waals surface area contributed by atoms with E-state index in [1.807, 2.05) is 0 Å². The van der Waals surface area contributed by atoms with Crippen molar-refractivity contribution in [1.82, 2.24) is 0 Å². The van der Waals surface area contributed by atoms with Gasteiger partial charge in [0.2, 0.25) is 0 Å². The number of esters is 2. The van der Waals surface area contributed by atoms with Gasteiger partial charge in [0.05, 0.1) is 12.2 Å². The van der Waals surface area contributed by atoms with Crippen LogP contribution in [0.3, 0.4) is 0 Å². The van der Waals surface area contributed by atoms with Crippen LogP contribution in [0.4, 0.5) is 0 Å². The number of carbonyl (C=O) groups is 3. The summed E-state index contributed by atoms with van der Waals surface area (Å²) in [5, 5.41) is 9.02. The minimum atomic E-state index is -1.18. The van der Waals surface area contributed by atoms with E-state index in [-0.39, 0.29) is 17.5 Å². The van der Waals surface area contributed by atoms with Gasteiger partial charge in [0.25, 0.3) is 0 Å². The fraction of sp³-hybridized carbons (Fsp3) is 0.389. The molecule has 3 atom stereocenters. The number of hydrogen-bond donors (Lipinski definition) is 2. The molecule has 0 aromatic heterocycles. The van der Waals surface area contributed by atoms with Crippen LogP contribution < -0.4 is 5.73 Å². The highest BCUT2D eigenvalue weighted by Gasteiger charge is 2.56. The molecule has 0 aliphatic heterocycles. The van der Waals surface area contributed by atoms with E-state index in [0.29, 0.717) is 18.1 Å². The van der Waals surface area contributed by atoms with Gasteiger partial charge in [-0.05, 0) is 44.5 Å². The number of halogens is 1. The van der Waals surface area contributed by atoms with Gasteiger partial charge in [0, 0.05) is 10.9 Å². The molecule has 0 amide bonds. The van der Waals surface area contributed by atoms with Gasteiger partial charge in [-0.3, -0.25) is 4.79 Å². The lowest BCUT2D eigenvalue weighted by Crippen LogP contribution is -2.36. The summed E-state index contributed by atoms with van der Waals surface area (Å²) in [6.45, 7) is 7.02. The highest BCUT2D eigenvalue weighted by molar-refractivity contribution is 6.30. The number of aliphatic carboxylic acids is 1. The molecule has 0 heterocycles. The van der Waals surface area contributed by atoms with Crippen molar-refractivity contribution in [2.45, 2.75) is 31.9 Å². The van der Waals surface area contributed by atoms with Gasteiger partial charge in [0.1, 0.15) is 5.54 Å². The van der Waals surface area contributed by atoms with E-state index >= 15 is 0 Å². The van der Waals surface area contributed by atoms with Crippen LogP contribution in [0.15, 0.2) is 36.9 Å². The van der Waals surface area contributed by atoms with Crippen molar-refractivity contribution in [2.24, 2.45) is 11.7 Å². The van der Waals surface area contributed by atoms with E-state index in [4.69, 9.17) is 27.2 Å². The summed E-state index contributed by atoms with van der Waals surface area (Å²) in [5.41, 5.74) is 5.20. The molecule has 1 aromatic carbocycles. The Hall–Kier alpha value is -2.38. The van der Waals surface area contributed by atoms with E-state index in [1.165, 1.54) is 31.2 Å². The summed E-state index contributed by atoms with van der Waals surface area (Å²) in [6.07, 6.45) is 1.22. The first-order chi connectivity index (χ1) is 12.2. The standard InChI is InChI=1S/C10H9ClO4.C8H13NO2/c1-6(9(12)13)15-10(14)7-2-4-8(11)5-3-7;1-3-6-5-8(6,9)7(10)11-4-2/h2-6H,1H3,(H,12,13);3,6H,1,4-5,9H2,2H3. The minimum absolute atomic E-state index is 0.113. The van der Waals surface area contributed by atoms with Crippen LogP contribution in [0.5, 0.6) is 0 Å². The van der Waals surface area contributed by atoms with Crippen molar-refractivity contribution in [3.8, 4) is 0 Å². The third-order valence-electron chi connectivity index (χ3n) is 3.71. The maximum Gasteiger partial charge on any atom is 0.344 e. The SMILES string of the molecule is C=CC1CC1(N)C(=O)OCC.CC(OC(=O)c1ccc(Cl)cc1)C(=O)O. The molecule has 1 aliphatic carbocycles. The first-order valence-corrected chi connectivity index (χ1v) is 8.31. The van der Waals surface area contributed by atoms with Gasteiger partial charge in [0.15, 0.2) is 6.10 Å². The van der Waals surface area contributed by atoms with Crippen molar-refractivity contribution >= 4 is 29.5 Å². The van der Waals surface area contributed by atoms with Crippen LogP contribution in [0.2, 0.25) is 5.02 Å². The third kappa shape index (κ3) is 5.86. The second-order valence-corrected chi connectivity index (χ2v) is 6.14. The predicted octanol–water partition coefficient (Wildman–Crippen LogP) is 2.42. The van der Waals surface area contributed by atoms with Gasteiger partial charge < -0.3 is 20.3 Å². The lowest BCUT2D eigenvalue weighted by molar-refractivity contribution is -0.146. The topological polar surface area (TPSA) is 116 Å². The second-order valence-electron chi connectivity index (χ2n) is 5.70. The first-order valence-electron chi connectivity index (χ1n) is 7.93. The molecule has 0 spiro atoms. The molecular formula is C18H22ClNO6. The fourth-order valence-electron chi connectivity index (χ4n) is 1.96. The van der Waals surface area contributed by atoms with Gasteiger partial charge in [-0.2, -0.15) is 0 Å². The average molecular weight is 384 g/mol. The molecule has 0 saturated heterocycles. The molecular weight excluding hydrogens is 362 g/mol. The molecule has 3 unspecified atom stereocenters. The summed E-state index contributed by atoms with van der Waals surface area (Å²) >= 11 is 5.63. The van der Waals surface area contributed by atoms with Crippen molar-refractivity contribution < 1.29 is 29.0 Å². The largest absolute Gasteiger partial charge is 0.479 e. The van der Waals surface area contributed by atoms with Crippen LogP contribution in [-0.4, -0.2) is 41.3 Å². The van der Waals surface area contributed by atoms with E-state index in [1.54, 1.807) is 13.0 Å². The first kappa shape index (κ1) is 21.7. The summed E-state index contributed by atoms with van der Waals surface area (Å²) in [6, 6.07) is 6.01. The molecule has 1 aliphatic rings. The Balaban J connectivity index is 0.000000273. The number of ether oxygens (including phenoxy) is 2. The summed E-state index contributed by atoms with van der Waals surface area (Å²) in [4.78, 5) is 32.9. The van der Waals surface area contributed by atoms with E-state index < -0.39 is 23.6 Å². The molecule has 1 fully saturated rings. The number of carboxylic acids is 1. The number of benzene rings is 1. The van der Waals surface area contributed by atoms with Crippen LogP contribution >= 0.6 is 11.6 Å². The molecule has 0 bridgehead atoms. The van der Waals surface area contributed by atoms with Crippen molar-refractivity contribution in [3.05, 3.63) is 47.5 Å². The highest BCUT2D eigenvalue weighted by Crippen LogP contribution is 2.42. The number of rotatable bonds is 6. The summed E-state index contributed by atoms with van der Waals surface area (Å²) in [7, 11) is 0. The molecule has 142 valence electrons. The predicted molar refractivity (Wildman–Crippen MR) is 95.8 cm³/mol. The van der Waals surface area contributed by atoms with Crippen molar-refractivity contribution in [3.63, 3.8) is 0 Å². The zero-order valence-corrected chi connectivity index (χ0v) is 15.4. The summed E-state index contributed by atoms with van der Waals surface area (Å²) in [5.74, 6) is -2.05. The smallest absolute Gasteiger partial charge is 0.344 e. The zero-order valence-electron chi connectivity index (χ0n) is 14.6. The average Bonchev–Trinajstić information content (AvgIpc) is 3.28. The maximum absolute atomic E-state index is 11.3. The van der Waals surface area contributed by atoms with Crippen LogP contribution in [0, 0.1) is 5.92 Å². The maximum atomic E-state index is 11.3. The Morgan fingerprint density at radius 2 is 2.00 bits per heavy atom. The Kier molecular flexibility index (Phi) is 7.79. The van der Waals surface area contributed by atoms with Gasteiger partial charge in [-0.15, -0.1) is 6.58 Å². The van der Waals surface area contributed by atoms with Crippen LogP contribution in [0.1, 0.15) is 30.6 Å². The van der Waals surface area contributed by atoms with E-state index in [9.17, 15) is 14.4 Å². The molecule has 26 heavy (non-hydrogen) atoms. The molecule has 1 saturated carbocycles. The molecule has 7 nitrogen and oxygen atoms in total. The molecule has 8 heteroatoms. The number of hydrogen-bond acceptors (Lipinski definition) is 6. The van der Waals surface area contributed by atoms with Crippen LogP contribution in [0.25, 0.3) is 0 Å². The van der Waals surface area contributed by atoms with Crippen molar-refractivity contribution in [2.75, 3.05) is 6.61 Å². The van der Waals surface area contributed by atoms with Crippen LogP contribution in [-0.2, 0) is 19.1 Å². The molecule has 3 N–H and O–H groups in total. The third-order valence-corrected chi connectivity index (χ3v) is 3.96. The lowest BCUT2D eigenvalue weighted by Gasteiger charge is -2.08. The van der Waals surface area contributed by atoms with E-state index in [2.05, 4.69) is 11.3 Å². The molecule has 1 aromatic rings. The van der Waals surface area contributed by atoms with Crippen molar-refractivity contribution in [1.29, 1.82) is 0 Å². The van der Waals surface area contributed by atoms with Gasteiger partial charge >= 0.3 is 17.9 Å². The minimum Gasteiger partial charge on any atom is -0.479 e. The van der Waals surface area contributed by atoms with Gasteiger partial charge in [-0.25, -0.2) is 9.59 Å². The van der Waals surface area contributed by atoms with E-state index in [0.717, 1.165) is 0 Å². The summed E-state index contributed by atoms with van der Waals surface area (Å²) < 4.78 is 9.45. The Bertz CT molecular complexity index is 675. The molecule has 2 rings (SSSR count). The van der Waals surface area contributed by atoms with Gasteiger partial charge in [-0.1, -0.05) is 17.7 Å². The fourth-order valence-corrected chi connectivity index (χ4v) is 2.09. The normalized spacial score (nSPS) is 21.5. The Morgan fingerprint density at radius 1 is 1.42 bits per heavy atom.